The first-order chi connectivity index (χ1) is 12.9. The Hall–Kier alpha value is -2.16. The molecule has 1 aliphatic heterocycles. The molecule has 0 unspecified atom stereocenters. The zero-order valence-electron chi connectivity index (χ0n) is 15.0. The van der Waals surface area contributed by atoms with Crippen LogP contribution in [-0.2, 0) is 0 Å². The fourth-order valence-electron chi connectivity index (χ4n) is 4.03. The number of carbonyl (C=O) groups is 1. The van der Waals surface area contributed by atoms with Gasteiger partial charge in [-0.05, 0) is 18.9 Å². The van der Waals surface area contributed by atoms with Crippen LogP contribution >= 0.6 is 0 Å². The van der Waals surface area contributed by atoms with Crippen molar-refractivity contribution < 1.29 is 18.0 Å². The molecule has 2 aromatic heterocycles. The number of aromatic nitrogens is 3. The van der Waals surface area contributed by atoms with Gasteiger partial charge in [0.1, 0.15) is 5.52 Å². The SMILES string of the molecule is O=C(c1cnc2c(c1)ncn2C1CCCC1)N1CCN(CC(F)(F)F)CC1. The molecule has 2 aliphatic rings. The molecule has 1 amide bonds. The van der Waals surface area contributed by atoms with Gasteiger partial charge in [-0.2, -0.15) is 13.2 Å². The number of alkyl halides is 3. The zero-order valence-corrected chi connectivity index (χ0v) is 15.0. The Bertz CT molecular complexity index is 820. The van der Waals surface area contributed by atoms with Crippen molar-refractivity contribution in [2.45, 2.75) is 37.9 Å². The van der Waals surface area contributed by atoms with Crippen LogP contribution < -0.4 is 0 Å². The number of rotatable bonds is 3. The molecule has 4 rings (SSSR count). The van der Waals surface area contributed by atoms with Crippen molar-refractivity contribution in [3.8, 4) is 0 Å². The van der Waals surface area contributed by atoms with Crippen LogP contribution in [0.1, 0.15) is 42.1 Å². The minimum atomic E-state index is -4.21. The van der Waals surface area contributed by atoms with E-state index in [1.165, 1.54) is 17.7 Å². The third-order valence-electron chi connectivity index (χ3n) is 5.44. The molecule has 1 aliphatic carbocycles. The first kappa shape index (κ1) is 18.2. The van der Waals surface area contributed by atoms with Gasteiger partial charge in [0.2, 0.25) is 0 Å². The quantitative estimate of drug-likeness (QED) is 0.821. The Morgan fingerprint density at radius 1 is 1.11 bits per heavy atom. The van der Waals surface area contributed by atoms with Gasteiger partial charge in [-0.25, -0.2) is 9.97 Å². The van der Waals surface area contributed by atoms with Crippen molar-refractivity contribution >= 4 is 17.1 Å². The molecule has 0 radical (unpaired) electrons. The van der Waals surface area contributed by atoms with Crippen LogP contribution in [0.4, 0.5) is 13.2 Å². The number of pyridine rings is 1. The molecule has 0 spiro atoms. The topological polar surface area (TPSA) is 54.3 Å². The second-order valence-corrected chi connectivity index (χ2v) is 7.34. The lowest BCUT2D eigenvalue weighted by molar-refractivity contribution is -0.148. The first-order valence-corrected chi connectivity index (χ1v) is 9.32. The second kappa shape index (κ2) is 7.10. The van der Waals surface area contributed by atoms with Crippen LogP contribution in [0.3, 0.4) is 0 Å². The molecule has 2 fully saturated rings. The third-order valence-corrected chi connectivity index (χ3v) is 5.44. The number of halogens is 3. The monoisotopic (exact) mass is 381 g/mol. The van der Waals surface area contributed by atoms with Gasteiger partial charge in [0.25, 0.3) is 5.91 Å². The number of piperazine rings is 1. The summed E-state index contributed by atoms with van der Waals surface area (Å²) in [5, 5.41) is 0. The van der Waals surface area contributed by atoms with Gasteiger partial charge in [-0.3, -0.25) is 9.69 Å². The van der Waals surface area contributed by atoms with Gasteiger partial charge in [0, 0.05) is 38.4 Å². The minimum absolute atomic E-state index is 0.202. The summed E-state index contributed by atoms with van der Waals surface area (Å²) >= 11 is 0. The van der Waals surface area contributed by atoms with E-state index in [1.807, 2.05) is 0 Å². The molecular formula is C18H22F3N5O. The van der Waals surface area contributed by atoms with Crippen LogP contribution in [0.25, 0.3) is 11.2 Å². The van der Waals surface area contributed by atoms with Crippen molar-refractivity contribution in [3.05, 3.63) is 24.2 Å². The van der Waals surface area contributed by atoms with E-state index in [9.17, 15) is 18.0 Å². The lowest BCUT2D eigenvalue weighted by Gasteiger charge is -2.35. The largest absolute Gasteiger partial charge is 0.401 e. The average molecular weight is 381 g/mol. The summed E-state index contributed by atoms with van der Waals surface area (Å²) in [5.41, 5.74) is 1.90. The molecule has 146 valence electrons. The van der Waals surface area contributed by atoms with Crippen LogP contribution in [0.2, 0.25) is 0 Å². The minimum Gasteiger partial charge on any atom is -0.336 e. The Morgan fingerprint density at radius 3 is 2.48 bits per heavy atom. The number of hydrogen-bond acceptors (Lipinski definition) is 4. The molecule has 0 aromatic carbocycles. The van der Waals surface area contributed by atoms with Gasteiger partial charge < -0.3 is 9.47 Å². The van der Waals surface area contributed by atoms with Gasteiger partial charge in [-0.15, -0.1) is 0 Å². The van der Waals surface area contributed by atoms with Gasteiger partial charge in [0.15, 0.2) is 5.65 Å². The number of carbonyl (C=O) groups excluding carboxylic acids is 1. The number of fused-ring (bicyclic) bond motifs is 1. The summed E-state index contributed by atoms with van der Waals surface area (Å²) in [6.45, 7) is 0.0720. The van der Waals surface area contributed by atoms with E-state index in [2.05, 4.69) is 14.5 Å². The van der Waals surface area contributed by atoms with Crippen molar-refractivity contribution in [1.82, 2.24) is 24.3 Å². The average Bonchev–Trinajstić information content (AvgIpc) is 3.29. The van der Waals surface area contributed by atoms with Crippen molar-refractivity contribution in [3.63, 3.8) is 0 Å². The number of imidazole rings is 1. The molecule has 2 aromatic rings. The van der Waals surface area contributed by atoms with Crippen LogP contribution in [0.15, 0.2) is 18.6 Å². The molecule has 27 heavy (non-hydrogen) atoms. The van der Waals surface area contributed by atoms with Crippen LogP contribution in [0.5, 0.6) is 0 Å². The van der Waals surface area contributed by atoms with Crippen molar-refractivity contribution in [1.29, 1.82) is 0 Å². The highest BCUT2D eigenvalue weighted by Gasteiger charge is 2.33. The maximum absolute atomic E-state index is 12.7. The molecule has 0 N–H and O–H groups in total. The maximum Gasteiger partial charge on any atom is 0.401 e. The van der Waals surface area contributed by atoms with E-state index >= 15 is 0 Å². The first-order valence-electron chi connectivity index (χ1n) is 9.32. The van der Waals surface area contributed by atoms with Crippen LogP contribution in [-0.4, -0.2) is 69.1 Å². The molecule has 0 atom stereocenters. The van der Waals surface area contributed by atoms with E-state index in [-0.39, 0.29) is 32.1 Å². The molecular weight excluding hydrogens is 359 g/mol. The van der Waals surface area contributed by atoms with Gasteiger partial charge >= 0.3 is 6.18 Å². The normalized spacial score (nSPS) is 19.9. The van der Waals surface area contributed by atoms with E-state index < -0.39 is 12.7 Å². The molecule has 3 heterocycles. The Labute approximate surface area is 155 Å². The maximum atomic E-state index is 12.7. The predicted molar refractivity (Wildman–Crippen MR) is 93.4 cm³/mol. The van der Waals surface area contributed by atoms with E-state index in [1.54, 1.807) is 23.5 Å². The summed E-state index contributed by atoms with van der Waals surface area (Å²) in [5.74, 6) is -0.202. The van der Waals surface area contributed by atoms with Crippen LogP contribution in [0, 0.1) is 0 Å². The van der Waals surface area contributed by atoms with Gasteiger partial charge in [-0.1, -0.05) is 12.8 Å². The summed E-state index contributed by atoms with van der Waals surface area (Å²) in [4.78, 5) is 24.5. The lowest BCUT2D eigenvalue weighted by Crippen LogP contribution is -2.50. The highest BCUT2D eigenvalue weighted by Crippen LogP contribution is 2.31. The summed E-state index contributed by atoms with van der Waals surface area (Å²) in [6, 6.07) is 2.16. The number of hydrogen-bond donors (Lipinski definition) is 0. The molecule has 1 saturated heterocycles. The highest BCUT2D eigenvalue weighted by molar-refractivity contribution is 5.96. The third kappa shape index (κ3) is 3.92. The summed E-state index contributed by atoms with van der Waals surface area (Å²) < 4.78 is 39.5. The highest BCUT2D eigenvalue weighted by atomic mass is 19.4. The second-order valence-electron chi connectivity index (χ2n) is 7.34. The lowest BCUT2D eigenvalue weighted by atomic mass is 10.2. The summed E-state index contributed by atoms with van der Waals surface area (Å²) in [7, 11) is 0. The fraction of sp³-hybridized carbons (Fsp3) is 0.611. The Morgan fingerprint density at radius 2 is 1.81 bits per heavy atom. The molecule has 9 heteroatoms. The van der Waals surface area contributed by atoms with E-state index in [0.29, 0.717) is 17.1 Å². The molecule has 6 nitrogen and oxygen atoms in total. The predicted octanol–water partition coefficient (Wildman–Crippen LogP) is 2.87. The van der Waals surface area contributed by atoms with Crippen molar-refractivity contribution in [2.75, 3.05) is 32.7 Å². The van der Waals surface area contributed by atoms with Crippen molar-refractivity contribution in [2.24, 2.45) is 0 Å². The number of amides is 1. The number of nitrogens with zero attached hydrogens (tertiary/aromatic N) is 5. The summed E-state index contributed by atoms with van der Waals surface area (Å²) in [6.07, 6.45) is 3.80. The van der Waals surface area contributed by atoms with Gasteiger partial charge in [0.05, 0.1) is 18.4 Å². The Kier molecular flexibility index (Phi) is 4.79. The van der Waals surface area contributed by atoms with E-state index in [4.69, 9.17) is 0 Å². The standard InChI is InChI=1S/C18H22F3N5O/c19-18(20,21)11-24-5-7-25(8-6-24)17(27)13-9-15-16(22-10-13)26(12-23-15)14-3-1-2-4-14/h9-10,12,14H,1-8,11H2. The Balaban J connectivity index is 1.44. The fourth-order valence-corrected chi connectivity index (χ4v) is 4.03. The van der Waals surface area contributed by atoms with E-state index in [0.717, 1.165) is 18.5 Å². The molecule has 1 saturated carbocycles. The molecule has 0 bridgehead atoms. The zero-order chi connectivity index (χ0) is 19.0. The smallest absolute Gasteiger partial charge is 0.336 e.